The number of thiophene rings is 1. The summed E-state index contributed by atoms with van der Waals surface area (Å²) in [6, 6.07) is 14.6. The molecule has 1 aromatic heterocycles. The van der Waals surface area contributed by atoms with Crippen molar-refractivity contribution in [1.82, 2.24) is 15.1 Å². The van der Waals surface area contributed by atoms with Crippen LogP contribution in [0.15, 0.2) is 52.8 Å². The molecule has 2 aliphatic heterocycles. The summed E-state index contributed by atoms with van der Waals surface area (Å²) in [5, 5.41) is 5.91. The van der Waals surface area contributed by atoms with Gasteiger partial charge in [0.15, 0.2) is 11.9 Å². The standard InChI is InChI=1S/C37H52N4O3S/c1-37(2)34(28-15-8-4-9-16-28)44-36(39-37)40-22-23-41(32(26-40)33(42)21-20-30-19-12-24-45-30)35(43)31(25-27-13-6-3-7-14-27)38-29-17-10-5-11-18-29/h4,8-9,12,15-16,19,24,27,29,31-32,34,38H,3,5-7,10-11,13-14,17-18,20-23,25-26H2,1-2H3/t31-,32+,34?/m1/s1. The highest BCUT2D eigenvalue weighted by atomic mass is 32.1. The second kappa shape index (κ2) is 14.8. The van der Waals surface area contributed by atoms with Crippen molar-refractivity contribution in [2.75, 3.05) is 19.6 Å². The largest absolute Gasteiger partial charge is 0.454 e. The van der Waals surface area contributed by atoms with Crippen LogP contribution >= 0.6 is 11.3 Å². The molecule has 2 aliphatic carbocycles. The van der Waals surface area contributed by atoms with Gasteiger partial charge in [-0.25, -0.2) is 4.99 Å². The molecule has 0 spiro atoms. The Morgan fingerprint density at radius 1 is 0.978 bits per heavy atom. The topological polar surface area (TPSA) is 74.2 Å². The van der Waals surface area contributed by atoms with Crippen LogP contribution in [0.2, 0.25) is 0 Å². The van der Waals surface area contributed by atoms with Gasteiger partial charge in [0.25, 0.3) is 6.02 Å². The predicted octanol–water partition coefficient (Wildman–Crippen LogP) is 6.93. The van der Waals surface area contributed by atoms with Crippen molar-refractivity contribution in [3.8, 4) is 0 Å². The number of benzene rings is 1. The van der Waals surface area contributed by atoms with Gasteiger partial charge in [-0.3, -0.25) is 9.59 Å². The highest BCUT2D eigenvalue weighted by molar-refractivity contribution is 7.09. The second-order valence-corrected chi connectivity index (χ2v) is 15.3. The molecule has 1 unspecified atom stereocenters. The van der Waals surface area contributed by atoms with Crippen molar-refractivity contribution < 1.29 is 14.3 Å². The minimum absolute atomic E-state index is 0.122. The summed E-state index contributed by atoms with van der Waals surface area (Å²) in [6.07, 6.45) is 14.1. The maximum absolute atomic E-state index is 14.6. The highest BCUT2D eigenvalue weighted by Crippen LogP contribution is 2.39. The zero-order chi connectivity index (χ0) is 31.2. The van der Waals surface area contributed by atoms with Gasteiger partial charge in [-0.05, 0) is 62.5 Å². The first-order valence-corrected chi connectivity index (χ1v) is 18.4. The van der Waals surface area contributed by atoms with E-state index in [-0.39, 0.29) is 23.8 Å². The van der Waals surface area contributed by atoms with Gasteiger partial charge < -0.3 is 19.9 Å². The molecule has 6 rings (SSSR count). The Bertz CT molecular complexity index is 1260. The molecule has 1 saturated heterocycles. The molecule has 3 atom stereocenters. The Kier molecular flexibility index (Phi) is 10.6. The quantitative estimate of drug-likeness (QED) is 0.308. The molecular formula is C37H52N4O3S. The number of nitrogens with zero attached hydrogens (tertiary/aromatic N) is 3. The van der Waals surface area contributed by atoms with Crippen LogP contribution in [0.4, 0.5) is 0 Å². The van der Waals surface area contributed by atoms with Gasteiger partial charge in [-0.15, -0.1) is 11.3 Å². The zero-order valence-corrected chi connectivity index (χ0v) is 28.1. The number of ether oxygens (including phenoxy) is 1. The molecule has 1 amide bonds. The van der Waals surface area contributed by atoms with E-state index in [1.54, 1.807) is 11.3 Å². The molecule has 1 aromatic carbocycles. The summed E-state index contributed by atoms with van der Waals surface area (Å²) >= 11 is 1.69. The second-order valence-electron chi connectivity index (χ2n) is 14.3. The zero-order valence-electron chi connectivity index (χ0n) is 27.3. The molecule has 1 N–H and O–H groups in total. The van der Waals surface area contributed by atoms with Crippen LogP contribution in [-0.2, 0) is 20.7 Å². The molecule has 4 aliphatic rings. The Balaban J connectivity index is 1.21. The maximum atomic E-state index is 14.6. The van der Waals surface area contributed by atoms with Crippen molar-refractivity contribution in [2.45, 2.75) is 127 Å². The molecule has 8 heteroatoms. The summed E-state index contributed by atoms with van der Waals surface area (Å²) in [7, 11) is 0. The summed E-state index contributed by atoms with van der Waals surface area (Å²) in [5.41, 5.74) is 0.662. The number of aliphatic imine (C=N–C) groups is 1. The Hall–Kier alpha value is -2.71. The lowest BCUT2D eigenvalue weighted by Crippen LogP contribution is -2.63. The van der Waals surface area contributed by atoms with E-state index in [9.17, 15) is 9.59 Å². The number of rotatable bonds is 10. The smallest absolute Gasteiger partial charge is 0.288 e. The van der Waals surface area contributed by atoms with Crippen LogP contribution in [0.1, 0.15) is 107 Å². The van der Waals surface area contributed by atoms with Crippen molar-refractivity contribution in [3.05, 3.63) is 58.3 Å². The molecule has 0 radical (unpaired) electrons. The lowest BCUT2D eigenvalue weighted by molar-refractivity contribution is -0.144. The number of nitrogens with one attached hydrogen (secondary N) is 1. The highest BCUT2D eigenvalue weighted by Gasteiger charge is 2.45. The first-order chi connectivity index (χ1) is 21.9. The summed E-state index contributed by atoms with van der Waals surface area (Å²) < 4.78 is 6.54. The molecule has 2 aromatic rings. The fourth-order valence-electron chi connectivity index (χ4n) is 7.94. The molecule has 45 heavy (non-hydrogen) atoms. The lowest BCUT2D eigenvalue weighted by Gasteiger charge is -2.43. The number of carbonyl (C=O) groups is 2. The molecule has 3 heterocycles. The van der Waals surface area contributed by atoms with Gasteiger partial charge in [0.1, 0.15) is 11.6 Å². The van der Waals surface area contributed by atoms with Gasteiger partial charge in [0.05, 0.1) is 6.04 Å². The van der Waals surface area contributed by atoms with E-state index in [0.29, 0.717) is 50.5 Å². The van der Waals surface area contributed by atoms with E-state index >= 15 is 0 Å². The average molecular weight is 633 g/mol. The monoisotopic (exact) mass is 632 g/mol. The molecular weight excluding hydrogens is 580 g/mol. The summed E-state index contributed by atoms with van der Waals surface area (Å²) in [6.45, 7) is 5.74. The Labute approximate surface area is 273 Å². The van der Waals surface area contributed by atoms with E-state index in [4.69, 9.17) is 9.73 Å². The van der Waals surface area contributed by atoms with Gasteiger partial charge in [0.2, 0.25) is 5.91 Å². The number of ketones is 1. The third kappa shape index (κ3) is 7.99. The van der Waals surface area contributed by atoms with Crippen molar-refractivity contribution >= 4 is 29.0 Å². The maximum Gasteiger partial charge on any atom is 0.288 e. The first-order valence-electron chi connectivity index (χ1n) is 17.6. The Morgan fingerprint density at radius 3 is 2.42 bits per heavy atom. The number of Topliss-reactive ketones (excluding diaryl/α,β-unsaturated/α-hetero) is 1. The Morgan fingerprint density at radius 2 is 1.71 bits per heavy atom. The molecule has 0 bridgehead atoms. The number of piperazine rings is 1. The minimum Gasteiger partial charge on any atom is -0.454 e. The summed E-state index contributed by atoms with van der Waals surface area (Å²) in [4.78, 5) is 39.0. The van der Waals surface area contributed by atoms with E-state index < -0.39 is 11.6 Å². The van der Waals surface area contributed by atoms with Crippen LogP contribution in [0.3, 0.4) is 0 Å². The molecule has 244 valence electrons. The van der Waals surface area contributed by atoms with E-state index in [0.717, 1.165) is 24.8 Å². The van der Waals surface area contributed by atoms with Crippen molar-refractivity contribution in [3.63, 3.8) is 0 Å². The van der Waals surface area contributed by atoms with Gasteiger partial charge in [-0.2, -0.15) is 0 Å². The van der Waals surface area contributed by atoms with E-state index in [1.165, 1.54) is 56.2 Å². The van der Waals surface area contributed by atoms with Gasteiger partial charge in [0, 0.05) is 37.0 Å². The number of carbonyl (C=O) groups excluding carboxylic acids is 2. The average Bonchev–Trinajstić information content (AvgIpc) is 3.71. The summed E-state index contributed by atoms with van der Waals surface area (Å²) in [5.74, 6) is 0.835. The van der Waals surface area contributed by atoms with Crippen LogP contribution in [-0.4, -0.2) is 70.8 Å². The fourth-order valence-corrected chi connectivity index (χ4v) is 8.65. The van der Waals surface area contributed by atoms with Crippen molar-refractivity contribution in [1.29, 1.82) is 0 Å². The number of hydrogen-bond donors (Lipinski definition) is 1. The van der Waals surface area contributed by atoms with Crippen LogP contribution in [0, 0.1) is 5.92 Å². The van der Waals surface area contributed by atoms with Crippen LogP contribution < -0.4 is 5.32 Å². The van der Waals surface area contributed by atoms with Crippen LogP contribution in [0.25, 0.3) is 0 Å². The van der Waals surface area contributed by atoms with Crippen LogP contribution in [0.5, 0.6) is 0 Å². The third-order valence-corrected chi connectivity index (χ3v) is 11.4. The molecule has 3 fully saturated rings. The first kappa shape index (κ1) is 32.2. The molecule has 7 nitrogen and oxygen atoms in total. The van der Waals surface area contributed by atoms with Crippen molar-refractivity contribution in [2.24, 2.45) is 10.9 Å². The third-order valence-electron chi connectivity index (χ3n) is 10.5. The number of amidine groups is 1. The number of aryl methyl sites for hydroxylation is 1. The van der Waals surface area contributed by atoms with E-state index in [2.05, 4.69) is 47.6 Å². The van der Waals surface area contributed by atoms with Gasteiger partial charge >= 0.3 is 0 Å². The van der Waals surface area contributed by atoms with Gasteiger partial charge in [-0.1, -0.05) is 87.8 Å². The van der Waals surface area contributed by atoms with E-state index in [1.807, 2.05) is 29.2 Å². The predicted molar refractivity (Wildman–Crippen MR) is 181 cm³/mol. The number of hydrogen-bond acceptors (Lipinski definition) is 7. The number of amides is 1. The SMILES string of the molecule is CC1(C)N=C(N2CCN(C(=O)[C@@H](CC3CCCCC3)NC3CCCCC3)[C@H](C(=O)CCc3cccs3)C2)OC1c1ccccc1. The fraction of sp³-hybridized carbons (Fsp3) is 0.649. The normalized spacial score (nSPS) is 25.1. The lowest BCUT2D eigenvalue weighted by atomic mass is 9.83. The minimum atomic E-state index is -0.515. The molecule has 2 saturated carbocycles.